The summed E-state index contributed by atoms with van der Waals surface area (Å²) in [5.74, 6) is 1.81. The van der Waals surface area contributed by atoms with E-state index in [9.17, 15) is 4.39 Å². The maximum Gasteiger partial charge on any atom is 0.164 e. The molecule has 4 nitrogen and oxygen atoms in total. The molecule has 0 radical (unpaired) electrons. The Labute approximate surface area is 135 Å². The summed E-state index contributed by atoms with van der Waals surface area (Å²) in [5, 5.41) is 3.35. The van der Waals surface area contributed by atoms with Crippen LogP contribution in [0.5, 0.6) is 17.2 Å². The first-order valence-electron chi connectivity index (χ1n) is 7.55. The maximum atomic E-state index is 14.0. The van der Waals surface area contributed by atoms with E-state index in [1.54, 1.807) is 19.2 Å². The van der Waals surface area contributed by atoms with Crippen LogP contribution in [0.15, 0.2) is 36.4 Å². The summed E-state index contributed by atoms with van der Waals surface area (Å²) in [6.45, 7) is 0.980. The Bertz CT molecular complexity index is 690. The Morgan fingerprint density at radius 3 is 2.83 bits per heavy atom. The van der Waals surface area contributed by atoms with E-state index in [1.807, 2.05) is 18.2 Å². The molecule has 0 fully saturated rings. The zero-order chi connectivity index (χ0) is 16.2. The summed E-state index contributed by atoms with van der Waals surface area (Å²) in [6, 6.07) is 10.9. The SMILES string of the molecule is COc1ccc(CN[C@H]2COc3c(cccc3OC)C2)c(F)c1. The number of nitrogens with one attached hydrogen (secondary N) is 1. The highest BCUT2D eigenvalue weighted by atomic mass is 19.1. The average molecular weight is 317 g/mol. The van der Waals surface area contributed by atoms with Gasteiger partial charge in [0, 0.05) is 24.2 Å². The third-order valence-electron chi connectivity index (χ3n) is 4.02. The minimum atomic E-state index is -0.268. The van der Waals surface area contributed by atoms with Gasteiger partial charge >= 0.3 is 0 Å². The quantitative estimate of drug-likeness (QED) is 0.920. The minimum Gasteiger partial charge on any atom is -0.497 e. The summed E-state index contributed by atoms with van der Waals surface area (Å²) in [5.41, 5.74) is 1.71. The molecule has 1 N–H and O–H groups in total. The lowest BCUT2D eigenvalue weighted by Gasteiger charge is -2.27. The van der Waals surface area contributed by atoms with Crippen LogP contribution in [-0.2, 0) is 13.0 Å². The normalized spacial score (nSPS) is 16.4. The van der Waals surface area contributed by atoms with E-state index >= 15 is 0 Å². The summed E-state index contributed by atoms with van der Waals surface area (Å²) in [4.78, 5) is 0. The smallest absolute Gasteiger partial charge is 0.164 e. The lowest BCUT2D eigenvalue weighted by Crippen LogP contribution is -2.39. The third kappa shape index (κ3) is 3.40. The van der Waals surface area contributed by atoms with Gasteiger partial charge < -0.3 is 19.5 Å². The molecule has 1 aliphatic heterocycles. The molecule has 0 amide bonds. The van der Waals surface area contributed by atoms with Crippen molar-refractivity contribution in [1.82, 2.24) is 5.32 Å². The predicted molar refractivity (Wildman–Crippen MR) is 85.8 cm³/mol. The van der Waals surface area contributed by atoms with Crippen molar-refractivity contribution >= 4 is 0 Å². The number of halogens is 1. The second kappa shape index (κ2) is 6.87. The lowest BCUT2D eigenvalue weighted by molar-refractivity contribution is 0.226. The van der Waals surface area contributed by atoms with Crippen LogP contribution in [0.1, 0.15) is 11.1 Å². The number of benzene rings is 2. The summed E-state index contributed by atoms with van der Waals surface area (Å²) < 4.78 is 30.1. The maximum absolute atomic E-state index is 14.0. The predicted octanol–water partition coefficient (Wildman–Crippen LogP) is 2.94. The van der Waals surface area contributed by atoms with Crippen molar-refractivity contribution in [3.63, 3.8) is 0 Å². The number of hydrogen-bond acceptors (Lipinski definition) is 4. The number of fused-ring (bicyclic) bond motifs is 1. The monoisotopic (exact) mass is 317 g/mol. The zero-order valence-corrected chi connectivity index (χ0v) is 13.3. The van der Waals surface area contributed by atoms with Crippen molar-refractivity contribution in [1.29, 1.82) is 0 Å². The van der Waals surface area contributed by atoms with Crippen molar-refractivity contribution in [2.24, 2.45) is 0 Å². The van der Waals surface area contributed by atoms with Crippen LogP contribution in [-0.4, -0.2) is 26.9 Å². The number of methoxy groups -OCH3 is 2. The molecule has 0 spiro atoms. The van der Waals surface area contributed by atoms with Gasteiger partial charge in [0.2, 0.25) is 0 Å². The van der Waals surface area contributed by atoms with Crippen LogP contribution < -0.4 is 19.5 Å². The van der Waals surface area contributed by atoms with Gasteiger partial charge in [-0.1, -0.05) is 18.2 Å². The molecule has 23 heavy (non-hydrogen) atoms. The Kier molecular flexibility index (Phi) is 4.67. The molecule has 0 saturated heterocycles. The average Bonchev–Trinajstić information content (AvgIpc) is 2.59. The van der Waals surface area contributed by atoms with Crippen LogP contribution in [0.2, 0.25) is 0 Å². The zero-order valence-electron chi connectivity index (χ0n) is 13.3. The lowest BCUT2D eigenvalue weighted by atomic mass is 10.0. The van der Waals surface area contributed by atoms with Gasteiger partial charge in [0.15, 0.2) is 11.5 Å². The van der Waals surface area contributed by atoms with E-state index in [2.05, 4.69) is 5.32 Å². The van der Waals surface area contributed by atoms with Crippen LogP contribution in [0, 0.1) is 5.82 Å². The topological polar surface area (TPSA) is 39.7 Å². The van der Waals surface area contributed by atoms with E-state index < -0.39 is 0 Å². The molecule has 1 heterocycles. The molecular formula is C18H20FNO3. The second-order valence-electron chi connectivity index (χ2n) is 5.50. The first-order valence-corrected chi connectivity index (χ1v) is 7.55. The Balaban J connectivity index is 1.64. The summed E-state index contributed by atoms with van der Waals surface area (Å²) in [6.07, 6.45) is 0.824. The molecule has 2 aromatic carbocycles. The van der Waals surface area contributed by atoms with Gasteiger partial charge in [-0.15, -0.1) is 0 Å². The molecule has 0 unspecified atom stereocenters. The molecule has 1 aliphatic rings. The molecule has 3 rings (SSSR count). The van der Waals surface area contributed by atoms with Crippen LogP contribution in [0.4, 0.5) is 4.39 Å². The highest BCUT2D eigenvalue weighted by molar-refractivity contribution is 5.48. The van der Waals surface area contributed by atoms with Crippen molar-refractivity contribution < 1.29 is 18.6 Å². The molecule has 2 aromatic rings. The molecule has 0 saturated carbocycles. The summed E-state index contributed by atoms with van der Waals surface area (Å²) >= 11 is 0. The number of hydrogen-bond donors (Lipinski definition) is 1. The van der Waals surface area contributed by atoms with Gasteiger partial charge in [-0.3, -0.25) is 0 Å². The Morgan fingerprint density at radius 2 is 2.09 bits per heavy atom. The van der Waals surface area contributed by atoms with E-state index in [-0.39, 0.29) is 11.9 Å². The molecule has 0 aliphatic carbocycles. The van der Waals surface area contributed by atoms with Crippen molar-refractivity contribution in [3.8, 4) is 17.2 Å². The minimum absolute atomic E-state index is 0.135. The van der Waals surface area contributed by atoms with E-state index in [1.165, 1.54) is 13.2 Å². The van der Waals surface area contributed by atoms with Crippen molar-refractivity contribution in [2.45, 2.75) is 19.0 Å². The third-order valence-corrected chi connectivity index (χ3v) is 4.02. The fourth-order valence-corrected chi connectivity index (χ4v) is 2.74. The summed E-state index contributed by atoms with van der Waals surface area (Å²) in [7, 11) is 3.16. The second-order valence-corrected chi connectivity index (χ2v) is 5.50. The van der Waals surface area contributed by atoms with Gasteiger partial charge in [-0.2, -0.15) is 0 Å². The highest BCUT2D eigenvalue weighted by Gasteiger charge is 2.22. The largest absolute Gasteiger partial charge is 0.497 e. The molecule has 5 heteroatoms. The Morgan fingerprint density at radius 1 is 1.22 bits per heavy atom. The number of ether oxygens (including phenoxy) is 3. The van der Waals surface area contributed by atoms with Gasteiger partial charge in [0.05, 0.1) is 14.2 Å². The van der Waals surface area contributed by atoms with Crippen molar-refractivity contribution in [3.05, 3.63) is 53.3 Å². The fraction of sp³-hybridized carbons (Fsp3) is 0.333. The molecule has 0 aromatic heterocycles. The molecule has 1 atom stereocenters. The van der Waals surface area contributed by atoms with E-state index in [0.717, 1.165) is 23.5 Å². The highest BCUT2D eigenvalue weighted by Crippen LogP contribution is 2.34. The molecular weight excluding hydrogens is 297 g/mol. The van der Waals surface area contributed by atoms with Gasteiger partial charge in [-0.05, 0) is 24.1 Å². The van der Waals surface area contributed by atoms with Crippen LogP contribution >= 0.6 is 0 Å². The van der Waals surface area contributed by atoms with E-state index in [4.69, 9.17) is 14.2 Å². The molecule has 122 valence electrons. The fourth-order valence-electron chi connectivity index (χ4n) is 2.74. The first-order chi connectivity index (χ1) is 11.2. The first kappa shape index (κ1) is 15.6. The molecule has 0 bridgehead atoms. The van der Waals surface area contributed by atoms with Gasteiger partial charge in [-0.25, -0.2) is 4.39 Å². The number of para-hydroxylation sites is 1. The Hall–Kier alpha value is -2.27. The van der Waals surface area contributed by atoms with Crippen LogP contribution in [0.3, 0.4) is 0 Å². The van der Waals surface area contributed by atoms with Gasteiger partial charge in [0.25, 0.3) is 0 Å². The van der Waals surface area contributed by atoms with Gasteiger partial charge in [0.1, 0.15) is 18.2 Å². The number of rotatable bonds is 5. The van der Waals surface area contributed by atoms with E-state index in [0.29, 0.717) is 24.5 Å². The standard InChI is InChI=1S/C18H20FNO3/c1-21-15-7-6-13(16(19)9-15)10-20-14-8-12-4-3-5-17(22-2)18(12)23-11-14/h3-7,9,14,20H,8,10-11H2,1-2H3/t14-/m1/s1. The van der Waals surface area contributed by atoms with Crippen molar-refractivity contribution in [2.75, 3.05) is 20.8 Å². The van der Waals surface area contributed by atoms with Crippen LogP contribution in [0.25, 0.3) is 0 Å².